The number of carbonyl (C=O) groups excluding carboxylic acids is 1. The molecule has 2 heterocycles. The lowest BCUT2D eigenvalue weighted by Gasteiger charge is -2.27. The SMILES string of the molecule is C/C=C/c1cc(C(=O)N2CCCC2c2ccc3c(c2)OCCO3)cc(OC)c1OC. The fourth-order valence-electron chi connectivity index (χ4n) is 4.21. The van der Waals surface area contributed by atoms with Gasteiger partial charge in [0.2, 0.25) is 0 Å². The summed E-state index contributed by atoms with van der Waals surface area (Å²) in [6.45, 7) is 3.75. The molecule has 1 atom stereocenters. The molecule has 0 aromatic heterocycles. The van der Waals surface area contributed by atoms with E-state index in [1.807, 2.05) is 48.2 Å². The number of benzene rings is 2. The highest BCUT2D eigenvalue weighted by Crippen LogP contribution is 2.40. The molecule has 2 aromatic rings. The Kier molecular flexibility index (Phi) is 5.84. The van der Waals surface area contributed by atoms with Crippen molar-refractivity contribution in [2.75, 3.05) is 34.0 Å². The van der Waals surface area contributed by atoms with Crippen LogP contribution in [0.3, 0.4) is 0 Å². The number of carbonyl (C=O) groups is 1. The Labute approximate surface area is 177 Å². The van der Waals surface area contributed by atoms with E-state index in [1.165, 1.54) is 0 Å². The maximum absolute atomic E-state index is 13.5. The van der Waals surface area contributed by atoms with Crippen molar-refractivity contribution in [1.29, 1.82) is 0 Å². The molecule has 0 N–H and O–H groups in total. The molecule has 2 aliphatic heterocycles. The Hall–Kier alpha value is -3.15. The van der Waals surface area contributed by atoms with Crippen molar-refractivity contribution in [2.24, 2.45) is 0 Å². The molecule has 0 saturated carbocycles. The van der Waals surface area contributed by atoms with Crippen LogP contribution in [0.25, 0.3) is 6.08 Å². The fraction of sp³-hybridized carbons (Fsp3) is 0.375. The van der Waals surface area contributed by atoms with Crippen LogP contribution in [0, 0.1) is 0 Å². The lowest BCUT2D eigenvalue weighted by Crippen LogP contribution is -2.30. The van der Waals surface area contributed by atoms with Gasteiger partial charge in [-0.1, -0.05) is 18.2 Å². The standard InChI is InChI=1S/C24H27NO5/c1-4-6-17-13-18(15-22(27-2)23(17)28-3)24(26)25-10-5-7-19(25)16-8-9-20-21(14-16)30-12-11-29-20/h4,6,8-9,13-15,19H,5,7,10-12H2,1-3H3/b6-4+. The van der Waals surface area contributed by atoms with Gasteiger partial charge in [0.15, 0.2) is 23.0 Å². The molecule has 1 saturated heterocycles. The van der Waals surface area contributed by atoms with Gasteiger partial charge in [-0.3, -0.25) is 4.79 Å². The highest BCUT2D eigenvalue weighted by atomic mass is 16.6. The quantitative estimate of drug-likeness (QED) is 0.729. The van der Waals surface area contributed by atoms with Crippen LogP contribution in [-0.4, -0.2) is 44.8 Å². The Morgan fingerprint density at radius 2 is 1.90 bits per heavy atom. The molecule has 158 valence electrons. The van der Waals surface area contributed by atoms with Gasteiger partial charge in [-0.2, -0.15) is 0 Å². The van der Waals surface area contributed by atoms with Crippen LogP contribution in [0.1, 0.15) is 47.3 Å². The predicted molar refractivity (Wildman–Crippen MR) is 115 cm³/mol. The van der Waals surface area contributed by atoms with E-state index in [4.69, 9.17) is 18.9 Å². The number of hydrogen-bond donors (Lipinski definition) is 0. The molecule has 1 unspecified atom stereocenters. The molecule has 0 aliphatic carbocycles. The van der Waals surface area contributed by atoms with Gasteiger partial charge in [0, 0.05) is 17.7 Å². The Morgan fingerprint density at radius 1 is 1.10 bits per heavy atom. The number of nitrogens with zero attached hydrogens (tertiary/aromatic N) is 1. The summed E-state index contributed by atoms with van der Waals surface area (Å²) in [5.41, 5.74) is 2.47. The van der Waals surface area contributed by atoms with Gasteiger partial charge in [-0.15, -0.1) is 0 Å². The summed E-state index contributed by atoms with van der Waals surface area (Å²) < 4.78 is 22.4. The van der Waals surface area contributed by atoms with E-state index in [1.54, 1.807) is 20.3 Å². The average Bonchev–Trinajstić information content (AvgIpc) is 3.27. The Balaban J connectivity index is 1.66. The van der Waals surface area contributed by atoms with Crippen molar-refractivity contribution < 1.29 is 23.7 Å². The zero-order valence-electron chi connectivity index (χ0n) is 17.6. The molecule has 1 fully saturated rings. The van der Waals surface area contributed by atoms with Gasteiger partial charge in [0.25, 0.3) is 5.91 Å². The number of ether oxygens (including phenoxy) is 4. The van der Waals surface area contributed by atoms with Gasteiger partial charge in [0.05, 0.1) is 20.3 Å². The minimum absolute atomic E-state index is 0.00610. The van der Waals surface area contributed by atoms with Crippen LogP contribution in [0.15, 0.2) is 36.4 Å². The fourth-order valence-corrected chi connectivity index (χ4v) is 4.21. The third-order valence-corrected chi connectivity index (χ3v) is 5.57. The zero-order valence-corrected chi connectivity index (χ0v) is 17.6. The van der Waals surface area contributed by atoms with E-state index in [-0.39, 0.29) is 11.9 Å². The van der Waals surface area contributed by atoms with Crippen LogP contribution >= 0.6 is 0 Å². The van der Waals surface area contributed by atoms with E-state index in [9.17, 15) is 4.79 Å². The molecule has 2 aliphatic rings. The predicted octanol–water partition coefficient (Wildman–Crippen LogP) is 4.49. The topological polar surface area (TPSA) is 57.2 Å². The van der Waals surface area contributed by atoms with E-state index in [0.29, 0.717) is 36.8 Å². The monoisotopic (exact) mass is 409 g/mol. The first kappa shape index (κ1) is 20.1. The molecule has 30 heavy (non-hydrogen) atoms. The summed E-state index contributed by atoms with van der Waals surface area (Å²) >= 11 is 0. The molecule has 4 rings (SSSR count). The van der Waals surface area contributed by atoms with Gasteiger partial charge in [-0.05, 0) is 49.6 Å². The van der Waals surface area contributed by atoms with Crippen molar-refractivity contribution in [3.8, 4) is 23.0 Å². The first-order chi connectivity index (χ1) is 14.7. The average molecular weight is 409 g/mol. The summed E-state index contributed by atoms with van der Waals surface area (Å²) in [7, 11) is 3.18. The summed E-state index contributed by atoms with van der Waals surface area (Å²) in [5.74, 6) is 2.67. The summed E-state index contributed by atoms with van der Waals surface area (Å²) in [5, 5.41) is 0. The molecule has 1 amide bonds. The highest BCUT2D eigenvalue weighted by molar-refractivity contribution is 5.96. The first-order valence-corrected chi connectivity index (χ1v) is 10.3. The maximum Gasteiger partial charge on any atom is 0.254 e. The van der Waals surface area contributed by atoms with Crippen molar-refractivity contribution >= 4 is 12.0 Å². The lowest BCUT2D eigenvalue weighted by atomic mass is 10.0. The molecule has 0 bridgehead atoms. The smallest absolute Gasteiger partial charge is 0.254 e. The summed E-state index contributed by atoms with van der Waals surface area (Å²) in [4.78, 5) is 15.4. The van der Waals surface area contributed by atoms with Crippen LogP contribution in [-0.2, 0) is 0 Å². The van der Waals surface area contributed by atoms with E-state index in [0.717, 1.165) is 35.5 Å². The number of rotatable bonds is 5. The third-order valence-electron chi connectivity index (χ3n) is 5.57. The van der Waals surface area contributed by atoms with Crippen LogP contribution in [0.2, 0.25) is 0 Å². The Bertz CT molecular complexity index is 968. The molecule has 0 radical (unpaired) electrons. The van der Waals surface area contributed by atoms with Crippen LogP contribution in [0.5, 0.6) is 23.0 Å². The third kappa shape index (κ3) is 3.70. The molecule has 6 nitrogen and oxygen atoms in total. The molecule has 2 aromatic carbocycles. The van der Waals surface area contributed by atoms with Gasteiger partial charge < -0.3 is 23.8 Å². The van der Waals surface area contributed by atoms with Gasteiger partial charge in [-0.25, -0.2) is 0 Å². The van der Waals surface area contributed by atoms with E-state index in [2.05, 4.69) is 0 Å². The van der Waals surface area contributed by atoms with Crippen molar-refractivity contribution in [1.82, 2.24) is 4.90 Å². The minimum atomic E-state index is -0.0147. The Morgan fingerprint density at radius 3 is 2.63 bits per heavy atom. The number of fused-ring (bicyclic) bond motifs is 1. The molecule has 6 heteroatoms. The second-order valence-corrected chi connectivity index (χ2v) is 7.36. The van der Waals surface area contributed by atoms with Crippen molar-refractivity contribution in [2.45, 2.75) is 25.8 Å². The normalized spacial score (nSPS) is 18.0. The number of likely N-dealkylation sites (tertiary alicyclic amines) is 1. The highest BCUT2D eigenvalue weighted by Gasteiger charge is 2.32. The minimum Gasteiger partial charge on any atom is -0.493 e. The second-order valence-electron chi connectivity index (χ2n) is 7.36. The van der Waals surface area contributed by atoms with E-state index < -0.39 is 0 Å². The maximum atomic E-state index is 13.5. The number of amides is 1. The van der Waals surface area contributed by atoms with E-state index >= 15 is 0 Å². The lowest BCUT2D eigenvalue weighted by molar-refractivity contribution is 0.0734. The van der Waals surface area contributed by atoms with Crippen molar-refractivity contribution in [3.63, 3.8) is 0 Å². The second kappa shape index (κ2) is 8.69. The molecular weight excluding hydrogens is 382 g/mol. The largest absolute Gasteiger partial charge is 0.493 e. The van der Waals surface area contributed by atoms with Crippen LogP contribution < -0.4 is 18.9 Å². The summed E-state index contributed by atoms with van der Waals surface area (Å²) in [6, 6.07) is 9.60. The van der Waals surface area contributed by atoms with Crippen molar-refractivity contribution in [3.05, 3.63) is 53.1 Å². The van der Waals surface area contributed by atoms with Gasteiger partial charge in [0.1, 0.15) is 13.2 Å². The molecule has 0 spiro atoms. The molecular formula is C24H27NO5. The zero-order chi connectivity index (χ0) is 21.1. The van der Waals surface area contributed by atoms with Crippen LogP contribution in [0.4, 0.5) is 0 Å². The number of methoxy groups -OCH3 is 2. The number of hydrogen-bond acceptors (Lipinski definition) is 5. The number of allylic oxidation sites excluding steroid dienone is 1. The first-order valence-electron chi connectivity index (χ1n) is 10.3. The summed E-state index contributed by atoms with van der Waals surface area (Å²) in [6.07, 6.45) is 5.71. The van der Waals surface area contributed by atoms with Gasteiger partial charge >= 0.3 is 0 Å².